The van der Waals surface area contributed by atoms with E-state index in [0.29, 0.717) is 55.0 Å². The number of piperidine rings is 1. The number of rotatable bonds is 14. The van der Waals surface area contributed by atoms with Gasteiger partial charge in [0.05, 0.1) is 22.6 Å². The minimum Gasteiger partial charge on any atom is -0.492 e. The van der Waals surface area contributed by atoms with Gasteiger partial charge in [-0.2, -0.15) is 5.26 Å². The Bertz CT molecular complexity index is 1920. The molecule has 0 aromatic heterocycles. The molecule has 11 nitrogen and oxygen atoms in total. The fraction of sp³-hybridized carbons (Fsp3) is 0.237. The van der Waals surface area contributed by atoms with Crippen molar-refractivity contribution in [3.63, 3.8) is 0 Å². The Labute approximate surface area is 291 Å². The lowest BCUT2D eigenvalue weighted by atomic mass is 10.1. The summed E-state index contributed by atoms with van der Waals surface area (Å²) in [5.74, 6) is -0.00922. The Morgan fingerprint density at radius 3 is 2.32 bits per heavy atom. The van der Waals surface area contributed by atoms with E-state index >= 15 is 0 Å². The quantitative estimate of drug-likeness (QED) is 0.156. The van der Waals surface area contributed by atoms with Crippen LogP contribution in [0.1, 0.15) is 35.1 Å². The SMILES string of the molecule is N#Cc1cccc(OC[C@H](Cc2ccc(OC3CCN(C(=O)OCc4ccccc4)CC3)cc2)NS(=O)(=O)c2ccc(C=CC(=O)O)cc2)c1. The Morgan fingerprint density at radius 1 is 0.920 bits per heavy atom. The van der Waals surface area contributed by atoms with Crippen LogP contribution in [0.25, 0.3) is 6.08 Å². The van der Waals surface area contributed by atoms with Crippen LogP contribution < -0.4 is 14.2 Å². The van der Waals surface area contributed by atoms with Crippen LogP contribution in [0.5, 0.6) is 11.5 Å². The molecule has 2 N–H and O–H groups in total. The highest BCUT2D eigenvalue weighted by molar-refractivity contribution is 7.89. The van der Waals surface area contributed by atoms with Crippen LogP contribution in [-0.2, 0) is 32.6 Å². The Balaban J connectivity index is 1.18. The van der Waals surface area contributed by atoms with E-state index in [9.17, 15) is 23.3 Å². The predicted molar refractivity (Wildman–Crippen MR) is 186 cm³/mol. The van der Waals surface area contributed by atoms with Crippen LogP contribution >= 0.6 is 0 Å². The fourth-order valence-electron chi connectivity index (χ4n) is 5.35. The van der Waals surface area contributed by atoms with Gasteiger partial charge in [-0.05, 0) is 71.7 Å². The summed E-state index contributed by atoms with van der Waals surface area (Å²) in [5, 5.41) is 18.1. The molecule has 258 valence electrons. The number of likely N-dealkylation sites (tertiary alicyclic amines) is 1. The number of ether oxygens (including phenoxy) is 3. The summed E-state index contributed by atoms with van der Waals surface area (Å²) in [6.07, 6.45) is 3.55. The Kier molecular flexibility index (Phi) is 12.2. The maximum absolute atomic E-state index is 13.4. The lowest BCUT2D eigenvalue weighted by Crippen LogP contribution is -2.42. The largest absolute Gasteiger partial charge is 0.492 e. The molecule has 0 aliphatic carbocycles. The molecule has 1 heterocycles. The van der Waals surface area contributed by atoms with Crippen molar-refractivity contribution in [1.82, 2.24) is 9.62 Å². The normalized spacial score (nSPS) is 14.1. The third kappa shape index (κ3) is 10.7. The zero-order valence-electron chi connectivity index (χ0n) is 27.2. The molecule has 12 heteroatoms. The average Bonchev–Trinajstić information content (AvgIpc) is 3.13. The van der Waals surface area contributed by atoms with Gasteiger partial charge in [0.1, 0.15) is 30.8 Å². The zero-order chi connectivity index (χ0) is 35.3. The molecule has 1 saturated heterocycles. The standard InChI is InChI=1S/C38H37N3O8S/c39-25-31-7-4-8-35(24-31)47-27-32(40-50(45,46)36-16-11-28(12-17-36)13-18-37(42)43)23-29-9-14-33(15-10-29)49-34-19-21-41(22-20-34)38(44)48-26-30-5-2-1-3-6-30/h1-18,24,32,34,40H,19-23,26-27H2,(H,42,43)/t32-/m0/s1. The van der Waals surface area contributed by atoms with Gasteiger partial charge >= 0.3 is 12.1 Å². The van der Waals surface area contributed by atoms with E-state index in [-0.39, 0.29) is 30.3 Å². The fourth-order valence-corrected chi connectivity index (χ4v) is 6.57. The first-order valence-electron chi connectivity index (χ1n) is 16.0. The molecular formula is C38H37N3O8S. The van der Waals surface area contributed by atoms with Crippen LogP contribution in [0.2, 0.25) is 0 Å². The summed E-state index contributed by atoms with van der Waals surface area (Å²) < 4.78 is 47.1. The molecule has 5 rings (SSSR count). The van der Waals surface area contributed by atoms with Crippen molar-refractivity contribution >= 4 is 28.2 Å². The first-order valence-corrected chi connectivity index (χ1v) is 17.5. The summed E-state index contributed by atoms with van der Waals surface area (Å²) >= 11 is 0. The van der Waals surface area contributed by atoms with Gasteiger partial charge in [0, 0.05) is 32.0 Å². The second-order valence-electron chi connectivity index (χ2n) is 11.7. The zero-order valence-corrected chi connectivity index (χ0v) is 28.0. The van der Waals surface area contributed by atoms with Crippen molar-refractivity contribution in [3.05, 3.63) is 131 Å². The van der Waals surface area contributed by atoms with Crippen LogP contribution in [-0.4, -0.2) is 62.3 Å². The molecule has 0 radical (unpaired) electrons. The van der Waals surface area contributed by atoms with Crippen molar-refractivity contribution in [2.24, 2.45) is 0 Å². The summed E-state index contributed by atoms with van der Waals surface area (Å²) in [5.41, 5.74) is 2.73. The summed E-state index contributed by atoms with van der Waals surface area (Å²) in [4.78, 5) is 25.0. The number of carboxylic acids is 1. The van der Waals surface area contributed by atoms with Gasteiger partial charge in [-0.3, -0.25) is 0 Å². The van der Waals surface area contributed by atoms with E-state index in [4.69, 9.17) is 19.3 Å². The highest BCUT2D eigenvalue weighted by Crippen LogP contribution is 2.22. The van der Waals surface area contributed by atoms with Crippen LogP contribution in [0, 0.1) is 11.3 Å². The molecule has 50 heavy (non-hydrogen) atoms. The van der Waals surface area contributed by atoms with Gasteiger partial charge in [0.2, 0.25) is 10.0 Å². The van der Waals surface area contributed by atoms with Crippen LogP contribution in [0.15, 0.2) is 114 Å². The first-order chi connectivity index (χ1) is 24.2. The molecule has 1 amide bonds. The van der Waals surface area contributed by atoms with E-state index in [1.54, 1.807) is 29.2 Å². The van der Waals surface area contributed by atoms with Gasteiger partial charge < -0.3 is 24.2 Å². The molecule has 1 aliphatic rings. The number of nitrogens with zero attached hydrogens (tertiary/aromatic N) is 2. The first kappa shape index (κ1) is 35.7. The number of sulfonamides is 1. The molecule has 0 spiro atoms. The number of hydrogen-bond acceptors (Lipinski definition) is 8. The lowest BCUT2D eigenvalue weighted by molar-refractivity contribution is -0.131. The smallest absolute Gasteiger partial charge is 0.410 e. The van der Waals surface area contributed by atoms with Crippen molar-refractivity contribution < 1.29 is 37.3 Å². The summed E-state index contributed by atoms with van der Waals surface area (Å²) in [6, 6.07) is 30.8. The number of nitriles is 1. The second kappa shape index (κ2) is 17.1. The minimum atomic E-state index is -3.99. The molecule has 0 bridgehead atoms. The monoisotopic (exact) mass is 695 g/mol. The molecule has 0 unspecified atom stereocenters. The Hall–Kier alpha value is -5.64. The summed E-state index contributed by atoms with van der Waals surface area (Å²) in [6.45, 7) is 1.26. The molecule has 0 saturated carbocycles. The molecular weight excluding hydrogens is 658 g/mol. The van der Waals surface area contributed by atoms with Crippen LogP contribution in [0.3, 0.4) is 0 Å². The Morgan fingerprint density at radius 2 is 1.64 bits per heavy atom. The number of nitrogens with one attached hydrogen (secondary N) is 1. The molecule has 1 fully saturated rings. The van der Waals surface area contributed by atoms with E-state index in [1.807, 2.05) is 54.6 Å². The minimum absolute atomic E-state index is 0.0145. The molecule has 4 aromatic rings. The number of benzene rings is 4. The predicted octanol–water partition coefficient (Wildman–Crippen LogP) is 5.80. The van der Waals surface area contributed by atoms with Gasteiger partial charge in [0.15, 0.2) is 0 Å². The summed E-state index contributed by atoms with van der Waals surface area (Å²) in [7, 11) is -3.99. The second-order valence-corrected chi connectivity index (χ2v) is 13.4. The molecule has 1 aliphatic heterocycles. The number of carbonyl (C=O) groups is 2. The van der Waals surface area contributed by atoms with Gasteiger partial charge in [-0.25, -0.2) is 22.7 Å². The third-order valence-corrected chi connectivity index (χ3v) is 9.49. The van der Waals surface area contributed by atoms with Crippen molar-refractivity contribution in [2.75, 3.05) is 19.7 Å². The maximum atomic E-state index is 13.4. The lowest BCUT2D eigenvalue weighted by Gasteiger charge is -2.31. The van der Waals surface area contributed by atoms with Crippen molar-refractivity contribution in [1.29, 1.82) is 5.26 Å². The number of amides is 1. The number of carboxylic acid groups (broad SMARTS) is 1. The van der Waals surface area contributed by atoms with Crippen LogP contribution in [0.4, 0.5) is 4.79 Å². The van der Waals surface area contributed by atoms with Gasteiger partial charge in [0.25, 0.3) is 0 Å². The van der Waals surface area contributed by atoms with Crippen molar-refractivity contribution in [3.8, 4) is 17.6 Å². The highest BCUT2D eigenvalue weighted by atomic mass is 32.2. The number of aliphatic carboxylic acids is 1. The van der Waals surface area contributed by atoms with E-state index < -0.39 is 22.0 Å². The van der Waals surface area contributed by atoms with Gasteiger partial charge in [-0.1, -0.05) is 60.7 Å². The van der Waals surface area contributed by atoms with Crippen molar-refractivity contribution in [2.45, 2.75) is 42.9 Å². The van der Waals surface area contributed by atoms with E-state index in [2.05, 4.69) is 10.8 Å². The highest BCUT2D eigenvalue weighted by Gasteiger charge is 2.25. The average molecular weight is 696 g/mol. The van der Waals surface area contributed by atoms with E-state index in [1.165, 1.54) is 30.3 Å². The van der Waals surface area contributed by atoms with E-state index in [0.717, 1.165) is 17.2 Å². The molecule has 4 aromatic carbocycles. The number of carbonyl (C=O) groups excluding carboxylic acids is 1. The maximum Gasteiger partial charge on any atom is 0.410 e. The molecule has 1 atom stereocenters. The number of hydrogen-bond donors (Lipinski definition) is 2. The third-order valence-electron chi connectivity index (χ3n) is 7.96. The topological polar surface area (TPSA) is 155 Å². The van der Waals surface area contributed by atoms with Gasteiger partial charge in [-0.15, -0.1) is 0 Å².